The minimum atomic E-state index is -1.25. The summed E-state index contributed by atoms with van der Waals surface area (Å²) >= 11 is 7.23. The van der Waals surface area contributed by atoms with Crippen molar-refractivity contribution in [3.05, 3.63) is 53.1 Å². The van der Waals surface area contributed by atoms with Crippen molar-refractivity contribution in [1.82, 2.24) is 0 Å². The van der Waals surface area contributed by atoms with Gasteiger partial charge >= 0.3 is 0 Å². The maximum atomic E-state index is 12.7. The van der Waals surface area contributed by atoms with Crippen LogP contribution >= 0.6 is 23.4 Å². The molecule has 0 saturated carbocycles. The molecule has 0 saturated heterocycles. The summed E-state index contributed by atoms with van der Waals surface area (Å²) in [7, 11) is 0. The first kappa shape index (κ1) is 15.9. The van der Waals surface area contributed by atoms with Crippen LogP contribution in [0.5, 0.6) is 0 Å². The lowest BCUT2D eigenvalue weighted by atomic mass is 10.1. The average Bonchev–Trinajstić information content (AvgIpc) is 2.52. The Morgan fingerprint density at radius 3 is 2.78 bits per heavy atom. The molecule has 1 aliphatic heterocycles. The van der Waals surface area contributed by atoms with Gasteiger partial charge in [-0.1, -0.05) is 41.6 Å². The summed E-state index contributed by atoms with van der Waals surface area (Å²) in [4.78, 5) is 26.0. The van der Waals surface area contributed by atoms with E-state index < -0.39 is 4.75 Å². The van der Waals surface area contributed by atoms with E-state index in [-0.39, 0.29) is 11.8 Å². The van der Waals surface area contributed by atoms with Gasteiger partial charge in [0.1, 0.15) is 0 Å². The number of fused-ring (bicyclic) bond motifs is 1. The number of hydrogen-bond donors (Lipinski definition) is 2. The summed E-state index contributed by atoms with van der Waals surface area (Å²) in [6.45, 7) is 3.50. The third-order valence-electron chi connectivity index (χ3n) is 3.76. The lowest BCUT2D eigenvalue weighted by molar-refractivity contribution is -0.126. The topological polar surface area (TPSA) is 58.2 Å². The van der Waals surface area contributed by atoms with Gasteiger partial charge in [0, 0.05) is 15.6 Å². The molecule has 2 amide bonds. The van der Waals surface area contributed by atoms with Gasteiger partial charge < -0.3 is 10.6 Å². The number of rotatable bonds is 2. The number of benzene rings is 2. The molecule has 2 aromatic rings. The van der Waals surface area contributed by atoms with Crippen molar-refractivity contribution in [1.29, 1.82) is 0 Å². The Bertz CT molecular complexity index is 809. The van der Waals surface area contributed by atoms with Gasteiger partial charge in [-0.2, -0.15) is 0 Å². The van der Waals surface area contributed by atoms with E-state index in [1.165, 1.54) is 11.8 Å². The number of nitrogens with one attached hydrogen (secondary N) is 2. The monoisotopic (exact) mass is 346 g/mol. The smallest absolute Gasteiger partial charge is 0.250 e. The van der Waals surface area contributed by atoms with E-state index in [1.54, 1.807) is 19.1 Å². The number of carbonyl (C=O) groups is 2. The first-order valence-electron chi connectivity index (χ1n) is 7.07. The van der Waals surface area contributed by atoms with Crippen LogP contribution < -0.4 is 10.6 Å². The van der Waals surface area contributed by atoms with Crippen LogP contribution in [0.1, 0.15) is 12.5 Å². The Kier molecular flexibility index (Phi) is 4.08. The first-order chi connectivity index (χ1) is 10.9. The van der Waals surface area contributed by atoms with Crippen molar-refractivity contribution in [3.8, 4) is 0 Å². The molecular formula is C17H15ClN2O2S. The lowest BCUT2D eigenvalue weighted by Crippen LogP contribution is -2.49. The van der Waals surface area contributed by atoms with E-state index >= 15 is 0 Å². The second-order valence-electron chi connectivity index (χ2n) is 5.50. The van der Waals surface area contributed by atoms with E-state index in [0.717, 1.165) is 16.1 Å². The van der Waals surface area contributed by atoms with Crippen LogP contribution in [0.4, 0.5) is 11.4 Å². The highest BCUT2D eigenvalue weighted by Gasteiger charge is 2.45. The molecule has 0 fully saturated rings. The molecular weight excluding hydrogens is 332 g/mol. The summed E-state index contributed by atoms with van der Waals surface area (Å²) in [5.41, 5.74) is 2.22. The standard InChI is InChI=1S/C17H15ClN2O2S/c1-10-7-8-11(18)9-13(10)20-16(22)17(2)15(21)19-12-5-3-4-6-14(12)23-17/h3-9H,1-2H3,(H,19,21)(H,20,22). The van der Waals surface area contributed by atoms with Gasteiger partial charge in [-0.3, -0.25) is 9.59 Å². The van der Waals surface area contributed by atoms with Gasteiger partial charge in [0.2, 0.25) is 11.8 Å². The van der Waals surface area contributed by atoms with Crippen molar-refractivity contribution in [2.45, 2.75) is 23.5 Å². The molecule has 1 atom stereocenters. The van der Waals surface area contributed by atoms with Crippen molar-refractivity contribution in [2.75, 3.05) is 10.6 Å². The zero-order valence-electron chi connectivity index (χ0n) is 12.6. The van der Waals surface area contributed by atoms with Crippen molar-refractivity contribution < 1.29 is 9.59 Å². The molecule has 2 aromatic carbocycles. The normalized spacial score (nSPS) is 19.7. The van der Waals surface area contributed by atoms with Crippen LogP contribution in [0.2, 0.25) is 5.02 Å². The van der Waals surface area contributed by atoms with E-state index in [0.29, 0.717) is 10.7 Å². The molecule has 1 unspecified atom stereocenters. The molecule has 2 N–H and O–H groups in total. The van der Waals surface area contributed by atoms with E-state index in [4.69, 9.17) is 11.6 Å². The average molecular weight is 347 g/mol. The van der Waals surface area contributed by atoms with E-state index in [9.17, 15) is 9.59 Å². The number of halogens is 1. The highest BCUT2D eigenvalue weighted by molar-refractivity contribution is 8.02. The molecule has 6 heteroatoms. The quantitative estimate of drug-likeness (QED) is 0.805. The van der Waals surface area contributed by atoms with Gasteiger partial charge in [0.15, 0.2) is 4.75 Å². The van der Waals surface area contributed by atoms with Crippen molar-refractivity contribution in [2.24, 2.45) is 0 Å². The minimum Gasteiger partial charge on any atom is -0.324 e. The molecule has 118 valence electrons. The Balaban J connectivity index is 1.89. The van der Waals surface area contributed by atoms with Crippen molar-refractivity contribution >= 4 is 46.6 Å². The molecule has 0 aliphatic carbocycles. The highest BCUT2D eigenvalue weighted by atomic mass is 35.5. The van der Waals surface area contributed by atoms with Gasteiger partial charge in [0.05, 0.1) is 5.69 Å². The number of para-hydroxylation sites is 1. The maximum Gasteiger partial charge on any atom is 0.250 e. The van der Waals surface area contributed by atoms with Crippen LogP contribution in [0.25, 0.3) is 0 Å². The second-order valence-corrected chi connectivity index (χ2v) is 7.40. The van der Waals surface area contributed by atoms with Gasteiger partial charge in [-0.25, -0.2) is 0 Å². The zero-order chi connectivity index (χ0) is 16.6. The number of thioether (sulfide) groups is 1. The second kappa shape index (κ2) is 5.91. The predicted octanol–water partition coefficient (Wildman–Crippen LogP) is 4.09. The molecule has 23 heavy (non-hydrogen) atoms. The largest absolute Gasteiger partial charge is 0.324 e. The third-order valence-corrected chi connectivity index (χ3v) is 5.35. The van der Waals surface area contributed by atoms with Crippen LogP contribution in [0.3, 0.4) is 0 Å². The fourth-order valence-corrected chi connectivity index (χ4v) is 3.56. The lowest BCUT2D eigenvalue weighted by Gasteiger charge is -2.32. The predicted molar refractivity (Wildman–Crippen MR) is 94.2 cm³/mol. The fourth-order valence-electron chi connectivity index (χ4n) is 2.29. The summed E-state index contributed by atoms with van der Waals surface area (Å²) in [6.07, 6.45) is 0. The molecule has 1 heterocycles. The van der Waals surface area contributed by atoms with Crippen LogP contribution in [0, 0.1) is 6.92 Å². The number of hydrogen-bond acceptors (Lipinski definition) is 3. The van der Waals surface area contributed by atoms with Crippen LogP contribution in [-0.4, -0.2) is 16.6 Å². The van der Waals surface area contributed by atoms with Crippen LogP contribution in [0.15, 0.2) is 47.4 Å². The molecule has 0 radical (unpaired) electrons. The first-order valence-corrected chi connectivity index (χ1v) is 8.27. The molecule has 1 aliphatic rings. The molecule has 3 rings (SSSR count). The van der Waals surface area contributed by atoms with Crippen LogP contribution in [-0.2, 0) is 9.59 Å². The number of anilines is 2. The van der Waals surface area contributed by atoms with Gasteiger partial charge in [-0.05, 0) is 43.7 Å². The summed E-state index contributed by atoms with van der Waals surface area (Å²) in [5.74, 6) is -0.710. The SMILES string of the molecule is Cc1ccc(Cl)cc1NC(=O)C1(C)Sc2ccccc2NC1=O. The summed E-state index contributed by atoms with van der Waals surface area (Å²) in [6, 6.07) is 12.7. The Morgan fingerprint density at radius 2 is 2.00 bits per heavy atom. The number of amides is 2. The Hall–Kier alpha value is -1.98. The molecule has 0 spiro atoms. The zero-order valence-corrected chi connectivity index (χ0v) is 14.2. The minimum absolute atomic E-state index is 0.335. The maximum absolute atomic E-state index is 12.7. The third kappa shape index (κ3) is 2.94. The molecule has 4 nitrogen and oxygen atoms in total. The number of aryl methyl sites for hydroxylation is 1. The van der Waals surface area contributed by atoms with E-state index in [1.807, 2.05) is 37.3 Å². The van der Waals surface area contributed by atoms with Gasteiger partial charge in [0.25, 0.3) is 0 Å². The fraction of sp³-hybridized carbons (Fsp3) is 0.176. The van der Waals surface area contributed by atoms with Crippen molar-refractivity contribution in [3.63, 3.8) is 0 Å². The molecule has 0 bridgehead atoms. The van der Waals surface area contributed by atoms with Gasteiger partial charge in [-0.15, -0.1) is 0 Å². The summed E-state index contributed by atoms with van der Waals surface area (Å²) in [5, 5.41) is 6.14. The van der Waals surface area contributed by atoms with E-state index in [2.05, 4.69) is 10.6 Å². The number of carbonyl (C=O) groups excluding carboxylic acids is 2. The molecule has 0 aromatic heterocycles. The Morgan fingerprint density at radius 1 is 1.26 bits per heavy atom. The highest BCUT2D eigenvalue weighted by Crippen LogP contribution is 2.42. The Labute approximate surface area is 143 Å². The summed E-state index contributed by atoms with van der Waals surface area (Å²) < 4.78 is -1.25.